The number of sulfonamides is 1. The van der Waals surface area contributed by atoms with E-state index in [9.17, 15) is 13.2 Å². The first-order valence-corrected chi connectivity index (χ1v) is 11.8. The molecule has 4 rings (SSSR count). The summed E-state index contributed by atoms with van der Waals surface area (Å²) in [5.41, 5.74) is 3.58. The summed E-state index contributed by atoms with van der Waals surface area (Å²) >= 11 is 0. The van der Waals surface area contributed by atoms with E-state index < -0.39 is 15.9 Å². The Morgan fingerprint density at radius 3 is 2.66 bits per heavy atom. The molecule has 0 saturated carbocycles. The van der Waals surface area contributed by atoms with Crippen LogP contribution in [0.15, 0.2) is 84.3 Å². The van der Waals surface area contributed by atoms with Crippen molar-refractivity contribution in [1.82, 2.24) is 0 Å². The average Bonchev–Trinajstić information content (AvgIpc) is 2.80. The smallest absolute Gasteiger partial charge is 0.265 e. The standard InChI is InChI=1S/C25H24N2O4S/c1-3-14-31-20-9-7-8-19(16-20)26-25(28)17-27-23-13-12-18(4-2)15-22(23)21-10-5-6-11-24(21)32(27,29)30/h3,5-13,15-16H,1,4,14,17H2,2H3,(H,26,28). The molecule has 1 aliphatic heterocycles. The van der Waals surface area contributed by atoms with Gasteiger partial charge in [-0.05, 0) is 42.3 Å². The molecule has 1 amide bonds. The van der Waals surface area contributed by atoms with Crippen LogP contribution in [-0.2, 0) is 21.2 Å². The number of hydrogen-bond acceptors (Lipinski definition) is 4. The molecule has 7 heteroatoms. The number of rotatable bonds is 7. The molecule has 6 nitrogen and oxygen atoms in total. The summed E-state index contributed by atoms with van der Waals surface area (Å²) in [6, 6.07) is 19.5. The Labute approximate surface area is 188 Å². The molecule has 0 aliphatic carbocycles. The van der Waals surface area contributed by atoms with Crippen molar-refractivity contribution < 1.29 is 17.9 Å². The van der Waals surface area contributed by atoms with Crippen LogP contribution in [0, 0.1) is 0 Å². The van der Waals surface area contributed by atoms with E-state index in [2.05, 4.69) is 11.9 Å². The number of carbonyl (C=O) groups excluding carboxylic acids is 1. The topological polar surface area (TPSA) is 75.7 Å². The van der Waals surface area contributed by atoms with Gasteiger partial charge in [0.25, 0.3) is 10.0 Å². The van der Waals surface area contributed by atoms with E-state index >= 15 is 0 Å². The van der Waals surface area contributed by atoms with Crippen molar-refractivity contribution in [1.29, 1.82) is 0 Å². The Kier molecular flexibility index (Phi) is 6.01. The zero-order valence-electron chi connectivity index (χ0n) is 17.7. The normalized spacial score (nSPS) is 13.6. The predicted molar refractivity (Wildman–Crippen MR) is 127 cm³/mol. The van der Waals surface area contributed by atoms with Gasteiger partial charge in [-0.2, -0.15) is 0 Å². The Bertz CT molecular complexity index is 1280. The number of aryl methyl sites for hydroxylation is 1. The summed E-state index contributed by atoms with van der Waals surface area (Å²) in [4.78, 5) is 13.1. The van der Waals surface area contributed by atoms with Crippen LogP contribution in [0.1, 0.15) is 12.5 Å². The van der Waals surface area contributed by atoms with Gasteiger partial charge in [-0.1, -0.05) is 49.9 Å². The van der Waals surface area contributed by atoms with Crippen LogP contribution in [0.4, 0.5) is 11.4 Å². The van der Waals surface area contributed by atoms with Crippen molar-refractivity contribution in [2.75, 3.05) is 22.8 Å². The van der Waals surface area contributed by atoms with Gasteiger partial charge in [-0.3, -0.25) is 9.10 Å². The van der Waals surface area contributed by atoms with Gasteiger partial charge in [0.2, 0.25) is 5.91 Å². The third kappa shape index (κ3) is 4.11. The van der Waals surface area contributed by atoms with Gasteiger partial charge in [0.05, 0.1) is 10.6 Å². The van der Waals surface area contributed by atoms with E-state index in [1.165, 1.54) is 4.31 Å². The van der Waals surface area contributed by atoms with Crippen LogP contribution < -0.4 is 14.4 Å². The van der Waals surface area contributed by atoms with Gasteiger partial charge in [-0.15, -0.1) is 0 Å². The van der Waals surface area contributed by atoms with E-state index in [0.717, 1.165) is 17.5 Å². The summed E-state index contributed by atoms with van der Waals surface area (Å²) in [5, 5.41) is 2.77. The van der Waals surface area contributed by atoms with E-state index in [0.29, 0.717) is 29.3 Å². The first kappa shape index (κ1) is 21.6. The molecule has 1 N–H and O–H groups in total. The summed E-state index contributed by atoms with van der Waals surface area (Å²) < 4.78 is 33.5. The van der Waals surface area contributed by atoms with Gasteiger partial charge in [0.1, 0.15) is 18.9 Å². The molecular formula is C25H24N2O4S. The van der Waals surface area contributed by atoms with Gasteiger partial charge in [0.15, 0.2) is 0 Å². The van der Waals surface area contributed by atoms with E-state index in [1.54, 1.807) is 54.6 Å². The summed E-state index contributed by atoms with van der Waals surface area (Å²) in [6.45, 7) is 5.67. The molecule has 164 valence electrons. The zero-order valence-corrected chi connectivity index (χ0v) is 18.6. The SMILES string of the molecule is C=CCOc1cccc(NC(=O)CN2c3ccc(CC)cc3-c3ccccc3S2(=O)=O)c1. The Hall–Kier alpha value is -3.58. The lowest BCUT2D eigenvalue weighted by atomic mass is 9.99. The van der Waals surface area contributed by atoms with Crippen molar-refractivity contribution in [3.05, 3.63) is 84.9 Å². The van der Waals surface area contributed by atoms with E-state index in [-0.39, 0.29) is 11.4 Å². The Morgan fingerprint density at radius 2 is 1.88 bits per heavy atom. The third-order valence-electron chi connectivity index (χ3n) is 5.26. The third-order valence-corrected chi connectivity index (χ3v) is 7.07. The van der Waals surface area contributed by atoms with Crippen LogP contribution in [0.5, 0.6) is 5.75 Å². The summed E-state index contributed by atoms with van der Waals surface area (Å²) in [5.74, 6) is 0.138. The molecule has 1 heterocycles. The number of ether oxygens (including phenoxy) is 1. The number of nitrogens with zero attached hydrogens (tertiary/aromatic N) is 1. The molecule has 0 spiro atoms. The second-order valence-corrected chi connectivity index (χ2v) is 9.22. The average molecular weight is 449 g/mol. The Balaban J connectivity index is 1.65. The summed E-state index contributed by atoms with van der Waals surface area (Å²) in [6.07, 6.45) is 2.46. The van der Waals surface area contributed by atoms with E-state index in [4.69, 9.17) is 4.74 Å². The molecule has 0 aromatic heterocycles. The van der Waals surface area contributed by atoms with Crippen LogP contribution in [0.2, 0.25) is 0 Å². The second-order valence-electron chi connectivity index (χ2n) is 7.39. The molecule has 3 aromatic rings. The minimum Gasteiger partial charge on any atom is -0.489 e. The largest absolute Gasteiger partial charge is 0.489 e. The lowest BCUT2D eigenvalue weighted by Gasteiger charge is -2.32. The highest BCUT2D eigenvalue weighted by atomic mass is 32.2. The van der Waals surface area contributed by atoms with E-state index in [1.807, 2.05) is 25.1 Å². The first-order valence-electron chi connectivity index (χ1n) is 10.3. The molecule has 1 aliphatic rings. The van der Waals surface area contributed by atoms with Gasteiger partial charge in [0, 0.05) is 22.9 Å². The molecule has 0 bridgehead atoms. The second kappa shape index (κ2) is 8.88. The number of hydrogen-bond donors (Lipinski definition) is 1. The molecule has 3 aromatic carbocycles. The van der Waals surface area contributed by atoms with Crippen molar-refractivity contribution in [2.24, 2.45) is 0 Å². The molecule has 0 radical (unpaired) electrons. The first-order chi connectivity index (χ1) is 15.4. The molecule has 32 heavy (non-hydrogen) atoms. The lowest BCUT2D eigenvalue weighted by molar-refractivity contribution is -0.114. The van der Waals surface area contributed by atoms with Gasteiger partial charge in [-0.25, -0.2) is 8.42 Å². The fourth-order valence-electron chi connectivity index (χ4n) is 3.72. The molecule has 0 unspecified atom stereocenters. The molecule has 0 saturated heterocycles. The van der Waals surface area contributed by atoms with Crippen molar-refractivity contribution in [2.45, 2.75) is 18.2 Å². The number of fused-ring (bicyclic) bond motifs is 3. The lowest BCUT2D eigenvalue weighted by Crippen LogP contribution is -2.40. The van der Waals surface area contributed by atoms with Crippen LogP contribution in [0.3, 0.4) is 0 Å². The fourth-order valence-corrected chi connectivity index (χ4v) is 5.37. The van der Waals surface area contributed by atoms with Crippen LogP contribution >= 0.6 is 0 Å². The number of carbonyl (C=O) groups is 1. The van der Waals surface area contributed by atoms with Crippen molar-refractivity contribution >= 4 is 27.3 Å². The van der Waals surface area contributed by atoms with Crippen molar-refractivity contribution in [3.8, 4) is 16.9 Å². The quantitative estimate of drug-likeness (QED) is 0.535. The maximum Gasteiger partial charge on any atom is 0.265 e. The summed E-state index contributed by atoms with van der Waals surface area (Å²) in [7, 11) is -3.89. The van der Waals surface area contributed by atoms with Gasteiger partial charge < -0.3 is 10.1 Å². The minimum atomic E-state index is -3.89. The predicted octanol–water partition coefficient (Wildman–Crippen LogP) is 4.63. The monoisotopic (exact) mass is 448 g/mol. The zero-order chi connectivity index (χ0) is 22.7. The highest BCUT2D eigenvalue weighted by Gasteiger charge is 2.35. The highest BCUT2D eigenvalue weighted by Crippen LogP contribution is 2.43. The molecule has 0 atom stereocenters. The minimum absolute atomic E-state index is 0.202. The number of nitrogens with one attached hydrogen (secondary N) is 1. The highest BCUT2D eigenvalue weighted by molar-refractivity contribution is 7.93. The van der Waals surface area contributed by atoms with Crippen molar-refractivity contribution in [3.63, 3.8) is 0 Å². The van der Waals surface area contributed by atoms with Crippen LogP contribution in [0.25, 0.3) is 11.1 Å². The number of benzene rings is 3. The maximum atomic E-state index is 13.4. The fraction of sp³-hybridized carbons (Fsp3) is 0.160. The maximum absolute atomic E-state index is 13.4. The Morgan fingerprint density at radius 1 is 1.06 bits per heavy atom. The van der Waals surface area contributed by atoms with Gasteiger partial charge >= 0.3 is 0 Å². The number of anilines is 2. The molecule has 0 fully saturated rings. The van der Waals surface area contributed by atoms with Crippen LogP contribution in [-0.4, -0.2) is 27.5 Å². The molecular weight excluding hydrogens is 424 g/mol. The number of amides is 1.